The van der Waals surface area contributed by atoms with Crippen molar-refractivity contribution in [1.82, 2.24) is 9.21 Å². The van der Waals surface area contributed by atoms with Crippen molar-refractivity contribution in [2.45, 2.75) is 35.8 Å². The number of rotatable bonds is 10. The highest BCUT2D eigenvalue weighted by Crippen LogP contribution is 2.32. The lowest BCUT2D eigenvalue weighted by molar-refractivity contribution is 0.0387. The Morgan fingerprint density at radius 3 is 2.30 bits per heavy atom. The number of methoxy groups -OCH3 is 1. The van der Waals surface area contributed by atoms with Crippen molar-refractivity contribution in [3.8, 4) is 11.5 Å². The summed E-state index contributed by atoms with van der Waals surface area (Å²) >= 11 is 5.93. The zero-order chi connectivity index (χ0) is 31.5. The van der Waals surface area contributed by atoms with E-state index in [2.05, 4.69) is 4.72 Å². The van der Waals surface area contributed by atoms with Gasteiger partial charge in [0.15, 0.2) is 0 Å². The minimum Gasteiger partial charge on any atom is -0.497 e. The lowest BCUT2D eigenvalue weighted by Gasteiger charge is -2.38. The maximum atomic E-state index is 13.7. The number of aliphatic hydroxyl groups is 1. The first-order chi connectivity index (χ1) is 20.3. The first-order valence-corrected chi connectivity index (χ1v) is 16.7. The number of carbonyl (C=O) groups is 1. The summed E-state index contributed by atoms with van der Waals surface area (Å²) in [6.45, 7) is 3.32. The minimum atomic E-state index is -4.01. The predicted molar refractivity (Wildman–Crippen MR) is 163 cm³/mol. The number of ether oxygens (including phenoxy) is 2. The van der Waals surface area contributed by atoms with Crippen LogP contribution in [0.3, 0.4) is 0 Å². The van der Waals surface area contributed by atoms with Crippen LogP contribution in [-0.4, -0.2) is 83.1 Å². The molecule has 0 bridgehead atoms. The van der Waals surface area contributed by atoms with E-state index in [1.807, 2.05) is 6.92 Å². The molecule has 0 radical (unpaired) electrons. The molecule has 0 spiro atoms. The summed E-state index contributed by atoms with van der Waals surface area (Å²) < 4.78 is 67.7. The molecule has 3 aromatic rings. The van der Waals surface area contributed by atoms with Crippen molar-refractivity contribution in [2.75, 3.05) is 38.6 Å². The standard InChI is InChI=1S/C29H34ClN3O8S2/c1-19-16-33(20(2)18-34)29(35)26-15-22(31-42(36,37)24-12-8-23(40-4)9-13-24)7-14-27(26)41-28(19)17-32(3)43(38,39)25-10-5-21(30)6-11-25/h5-15,19-20,28,31,34H,16-18H2,1-4H3/t19-,20+,28+/m1/s1. The Morgan fingerprint density at radius 1 is 1.07 bits per heavy atom. The third-order valence-corrected chi connectivity index (χ3v) is 10.7. The van der Waals surface area contributed by atoms with Gasteiger partial charge in [-0.1, -0.05) is 18.5 Å². The molecule has 11 nitrogen and oxygen atoms in total. The molecular weight excluding hydrogens is 618 g/mol. The van der Waals surface area contributed by atoms with Crippen molar-refractivity contribution in [3.63, 3.8) is 0 Å². The van der Waals surface area contributed by atoms with E-state index in [-0.39, 0.29) is 52.4 Å². The summed E-state index contributed by atoms with van der Waals surface area (Å²) in [4.78, 5) is 15.3. The SMILES string of the molecule is COc1ccc(S(=O)(=O)Nc2ccc3c(c2)C(=O)N([C@@H](C)CO)C[C@@H](C)[C@H](CN(C)S(=O)(=O)c2ccc(Cl)cc2)O3)cc1. The molecule has 0 aromatic heterocycles. The van der Waals surface area contributed by atoms with Crippen LogP contribution in [0.5, 0.6) is 11.5 Å². The molecule has 3 aromatic carbocycles. The normalized spacial score (nSPS) is 18.3. The molecular formula is C29H34ClN3O8S2. The number of sulfonamides is 2. The number of anilines is 1. The Labute approximate surface area is 257 Å². The van der Waals surface area contributed by atoms with Crippen LogP contribution < -0.4 is 14.2 Å². The first-order valence-electron chi connectivity index (χ1n) is 13.4. The van der Waals surface area contributed by atoms with Gasteiger partial charge in [-0.2, -0.15) is 4.31 Å². The molecule has 4 rings (SSSR count). The van der Waals surface area contributed by atoms with Gasteiger partial charge >= 0.3 is 0 Å². The summed E-state index contributed by atoms with van der Waals surface area (Å²) in [6.07, 6.45) is -0.700. The van der Waals surface area contributed by atoms with Crippen LogP contribution >= 0.6 is 11.6 Å². The van der Waals surface area contributed by atoms with E-state index in [4.69, 9.17) is 21.1 Å². The number of carbonyl (C=O) groups excluding carboxylic acids is 1. The van der Waals surface area contributed by atoms with Crippen LogP contribution in [0.15, 0.2) is 76.5 Å². The Kier molecular flexibility index (Phi) is 9.92. The number of aliphatic hydroxyl groups excluding tert-OH is 1. The highest BCUT2D eigenvalue weighted by atomic mass is 35.5. The van der Waals surface area contributed by atoms with Gasteiger partial charge in [-0.15, -0.1) is 0 Å². The number of likely N-dealkylation sites (N-methyl/N-ethyl adjacent to an activating group) is 1. The van der Waals surface area contributed by atoms with Crippen molar-refractivity contribution >= 4 is 43.2 Å². The zero-order valence-electron chi connectivity index (χ0n) is 24.1. The molecule has 232 valence electrons. The average molecular weight is 652 g/mol. The van der Waals surface area contributed by atoms with Crippen LogP contribution in [0.1, 0.15) is 24.2 Å². The van der Waals surface area contributed by atoms with E-state index in [1.54, 1.807) is 6.92 Å². The number of amides is 1. The van der Waals surface area contributed by atoms with Gasteiger partial charge in [0, 0.05) is 30.2 Å². The Bertz CT molecular complexity index is 1670. The monoisotopic (exact) mass is 651 g/mol. The number of nitrogens with zero attached hydrogens (tertiary/aromatic N) is 2. The van der Waals surface area contributed by atoms with Crippen molar-refractivity contribution in [3.05, 3.63) is 77.3 Å². The second-order valence-corrected chi connectivity index (χ2v) is 14.5. The van der Waals surface area contributed by atoms with Crippen molar-refractivity contribution in [2.24, 2.45) is 5.92 Å². The topological polar surface area (TPSA) is 143 Å². The molecule has 0 fully saturated rings. The van der Waals surface area contributed by atoms with Gasteiger partial charge in [0.05, 0.1) is 41.7 Å². The second-order valence-electron chi connectivity index (χ2n) is 10.4. The van der Waals surface area contributed by atoms with E-state index < -0.39 is 38.1 Å². The maximum absolute atomic E-state index is 13.7. The van der Waals surface area contributed by atoms with Gasteiger partial charge in [-0.3, -0.25) is 9.52 Å². The van der Waals surface area contributed by atoms with Gasteiger partial charge in [0.2, 0.25) is 10.0 Å². The summed E-state index contributed by atoms with van der Waals surface area (Å²) in [7, 11) is -4.98. The molecule has 1 heterocycles. The molecule has 1 aliphatic rings. The molecule has 0 unspecified atom stereocenters. The fourth-order valence-electron chi connectivity index (χ4n) is 4.61. The Balaban J connectivity index is 1.67. The third kappa shape index (κ3) is 7.24. The number of benzene rings is 3. The molecule has 1 aliphatic heterocycles. The second kappa shape index (κ2) is 13.1. The molecule has 1 amide bonds. The van der Waals surface area contributed by atoms with Crippen LogP contribution in [-0.2, 0) is 20.0 Å². The Hall–Kier alpha value is -3.36. The number of nitrogens with one attached hydrogen (secondary N) is 1. The van der Waals surface area contributed by atoms with Crippen LogP contribution in [0.25, 0.3) is 0 Å². The lowest BCUT2D eigenvalue weighted by Crippen LogP contribution is -2.50. The summed E-state index contributed by atoms with van der Waals surface area (Å²) in [5, 5.41) is 10.3. The zero-order valence-corrected chi connectivity index (χ0v) is 26.5. The molecule has 14 heteroatoms. The quantitative estimate of drug-likeness (QED) is 0.338. The fraction of sp³-hybridized carbons (Fsp3) is 0.345. The molecule has 0 aliphatic carbocycles. The predicted octanol–water partition coefficient (Wildman–Crippen LogP) is 3.69. The Morgan fingerprint density at radius 2 is 1.70 bits per heavy atom. The molecule has 0 saturated carbocycles. The smallest absolute Gasteiger partial charge is 0.261 e. The molecule has 2 N–H and O–H groups in total. The van der Waals surface area contributed by atoms with E-state index in [1.165, 1.54) is 90.1 Å². The van der Waals surface area contributed by atoms with Gasteiger partial charge in [0.25, 0.3) is 15.9 Å². The summed E-state index contributed by atoms with van der Waals surface area (Å²) in [5.41, 5.74) is 0.186. The molecule has 43 heavy (non-hydrogen) atoms. The third-order valence-electron chi connectivity index (χ3n) is 7.25. The highest BCUT2D eigenvalue weighted by molar-refractivity contribution is 7.92. The van der Waals surface area contributed by atoms with Crippen LogP contribution in [0.4, 0.5) is 5.69 Å². The van der Waals surface area contributed by atoms with Gasteiger partial charge < -0.3 is 19.5 Å². The lowest BCUT2D eigenvalue weighted by atomic mass is 9.99. The first kappa shape index (κ1) is 32.6. The summed E-state index contributed by atoms with van der Waals surface area (Å²) in [6, 6.07) is 15.4. The average Bonchev–Trinajstić information content (AvgIpc) is 2.98. The van der Waals surface area contributed by atoms with Gasteiger partial charge in [0.1, 0.15) is 17.6 Å². The van der Waals surface area contributed by atoms with Gasteiger partial charge in [-0.25, -0.2) is 16.8 Å². The maximum Gasteiger partial charge on any atom is 0.261 e. The van der Waals surface area contributed by atoms with Crippen molar-refractivity contribution in [1.29, 1.82) is 0 Å². The number of hydrogen-bond acceptors (Lipinski definition) is 8. The number of hydrogen-bond donors (Lipinski definition) is 2. The molecule has 0 saturated heterocycles. The number of fused-ring (bicyclic) bond motifs is 1. The van der Waals surface area contributed by atoms with E-state index in [9.17, 15) is 26.7 Å². The van der Waals surface area contributed by atoms with Crippen molar-refractivity contribution < 1.29 is 36.2 Å². The minimum absolute atomic E-state index is 0.00280. The van der Waals surface area contributed by atoms with Crippen LogP contribution in [0.2, 0.25) is 5.02 Å². The fourth-order valence-corrected chi connectivity index (χ4v) is 6.97. The van der Waals surface area contributed by atoms with Gasteiger partial charge in [-0.05, 0) is 73.7 Å². The van der Waals surface area contributed by atoms with E-state index >= 15 is 0 Å². The van der Waals surface area contributed by atoms with E-state index in [0.29, 0.717) is 10.8 Å². The molecule has 3 atom stereocenters. The highest BCUT2D eigenvalue weighted by Gasteiger charge is 2.35. The van der Waals surface area contributed by atoms with Crippen LogP contribution in [0, 0.1) is 5.92 Å². The summed E-state index contributed by atoms with van der Waals surface area (Å²) in [5.74, 6) is -0.158. The van der Waals surface area contributed by atoms with E-state index in [0.717, 1.165) is 0 Å². The largest absolute Gasteiger partial charge is 0.497 e. The number of halogens is 1.